The first-order chi connectivity index (χ1) is 15.6. The predicted molar refractivity (Wildman–Crippen MR) is 119 cm³/mol. The highest BCUT2D eigenvalue weighted by Crippen LogP contribution is 2.43. The molecule has 0 amide bonds. The SMILES string of the molecule is CCOC(=O)[C@@H]1[C@@H](c2ccc3c(c2)OCO3)CN[C@H]1c1ccc(OCCOC(C)C)cc1. The van der Waals surface area contributed by atoms with E-state index in [0.29, 0.717) is 26.4 Å². The summed E-state index contributed by atoms with van der Waals surface area (Å²) >= 11 is 0. The molecule has 172 valence electrons. The second-order valence-electron chi connectivity index (χ2n) is 8.22. The molecule has 2 aliphatic rings. The van der Waals surface area contributed by atoms with Gasteiger partial charge in [-0.1, -0.05) is 18.2 Å². The van der Waals surface area contributed by atoms with Crippen LogP contribution in [0.3, 0.4) is 0 Å². The third-order valence-electron chi connectivity index (χ3n) is 5.78. The van der Waals surface area contributed by atoms with Crippen LogP contribution in [0.5, 0.6) is 17.2 Å². The molecule has 0 saturated carbocycles. The van der Waals surface area contributed by atoms with Gasteiger partial charge in [0.25, 0.3) is 0 Å². The summed E-state index contributed by atoms with van der Waals surface area (Å²) < 4.78 is 27.7. The van der Waals surface area contributed by atoms with Crippen molar-refractivity contribution in [2.75, 3.05) is 33.2 Å². The van der Waals surface area contributed by atoms with Crippen LogP contribution in [0.25, 0.3) is 0 Å². The molecule has 7 heteroatoms. The third-order valence-corrected chi connectivity index (χ3v) is 5.78. The van der Waals surface area contributed by atoms with Crippen LogP contribution in [0.1, 0.15) is 43.9 Å². The number of nitrogens with one attached hydrogen (secondary N) is 1. The Labute approximate surface area is 189 Å². The van der Waals surface area contributed by atoms with E-state index in [1.165, 1.54) is 0 Å². The number of carbonyl (C=O) groups excluding carboxylic acids is 1. The summed E-state index contributed by atoms with van der Waals surface area (Å²) in [6.07, 6.45) is 0.187. The Balaban J connectivity index is 1.49. The molecule has 0 radical (unpaired) electrons. The van der Waals surface area contributed by atoms with Gasteiger partial charge in [-0.05, 0) is 56.2 Å². The lowest BCUT2D eigenvalue weighted by Crippen LogP contribution is -2.27. The lowest BCUT2D eigenvalue weighted by Gasteiger charge is -2.23. The normalized spacial score (nSPS) is 21.7. The fraction of sp³-hybridized carbons (Fsp3) is 0.480. The summed E-state index contributed by atoms with van der Waals surface area (Å²) in [6, 6.07) is 13.6. The number of fused-ring (bicyclic) bond motifs is 1. The van der Waals surface area contributed by atoms with Crippen molar-refractivity contribution >= 4 is 5.97 Å². The molecule has 2 heterocycles. The van der Waals surface area contributed by atoms with Crippen molar-refractivity contribution in [3.63, 3.8) is 0 Å². The molecule has 1 N–H and O–H groups in total. The number of esters is 1. The van der Waals surface area contributed by atoms with Gasteiger partial charge in [0.05, 0.1) is 25.2 Å². The van der Waals surface area contributed by atoms with E-state index in [4.69, 9.17) is 23.7 Å². The Morgan fingerprint density at radius 3 is 2.56 bits per heavy atom. The molecule has 1 fully saturated rings. The lowest BCUT2D eigenvalue weighted by atomic mass is 9.83. The van der Waals surface area contributed by atoms with Crippen LogP contribution in [0.2, 0.25) is 0 Å². The van der Waals surface area contributed by atoms with Crippen LogP contribution in [-0.4, -0.2) is 45.2 Å². The summed E-state index contributed by atoms with van der Waals surface area (Å²) in [4.78, 5) is 13.0. The van der Waals surface area contributed by atoms with Crippen LogP contribution >= 0.6 is 0 Å². The Morgan fingerprint density at radius 2 is 1.81 bits per heavy atom. The van der Waals surface area contributed by atoms with Crippen molar-refractivity contribution < 1.29 is 28.5 Å². The van der Waals surface area contributed by atoms with Crippen LogP contribution in [0.15, 0.2) is 42.5 Å². The standard InChI is InChI=1S/C25H31NO6/c1-4-28-25(27)23-20(18-7-10-21-22(13-18)32-15-31-21)14-26-24(23)17-5-8-19(9-6-17)30-12-11-29-16(2)3/h5-10,13,16,20,23-24,26H,4,11-12,14-15H2,1-3H3/t20-,23-,24+/m1/s1. The molecule has 1 saturated heterocycles. The maximum atomic E-state index is 13.0. The molecular formula is C25H31NO6. The van der Waals surface area contributed by atoms with E-state index < -0.39 is 0 Å². The fourth-order valence-corrected chi connectivity index (χ4v) is 4.29. The smallest absolute Gasteiger partial charge is 0.311 e. The van der Waals surface area contributed by atoms with E-state index >= 15 is 0 Å². The van der Waals surface area contributed by atoms with Gasteiger partial charge in [0.15, 0.2) is 11.5 Å². The van der Waals surface area contributed by atoms with Crippen molar-refractivity contribution in [2.24, 2.45) is 5.92 Å². The molecule has 0 aromatic heterocycles. The van der Waals surface area contributed by atoms with Gasteiger partial charge in [0.2, 0.25) is 6.79 Å². The van der Waals surface area contributed by atoms with E-state index in [1.54, 1.807) is 0 Å². The van der Waals surface area contributed by atoms with Gasteiger partial charge in [0, 0.05) is 18.5 Å². The Morgan fingerprint density at radius 1 is 1.06 bits per heavy atom. The quantitative estimate of drug-likeness (QED) is 0.468. The predicted octanol–water partition coefficient (Wildman–Crippen LogP) is 3.83. The molecule has 0 aliphatic carbocycles. The molecule has 7 nitrogen and oxygen atoms in total. The average molecular weight is 442 g/mol. The van der Waals surface area contributed by atoms with Crippen LogP contribution in [0, 0.1) is 5.92 Å². The summed E-state index contributed by atoms with van der Waals surface area (Å²) in [7, 11) is 0. The molecule has 0 unspecified atom stereocenters. The number of hydrogen-bond donors (Lipinski definition) is 1. The van der Waals surface area contributed by atoms with Crippen LogP contribution in [-0.2, 0) is 14.3 Å². The zero-order valence-corrected chi connectivity index (χ0v) is 18.8. The summed E-state index contributed by atoms with van der Waals surface area (Å²) in [5, 5.41) is 3.53. The van der Waals surface area contributed by atoms with E-state index in [1.807, 2.05) is 63.2 Å². The third kappa shape index (κ3) is 5.00. The van der Waals surface area contributed by atoms with Gasteiger partial charge in [-0.2, -0.15) is 0 Å². The molecule has 4 rings (SSSR count). The number of rotatable bonds is 9. The first kappa shape index (κ1) is 22.4. The minimum atomic E-state index is -0.346. The summed E-state index contributed by atoms with van der Waals surface area (Å²) in [5.41, 5.74) is 2.06. The highest BCUT2D eigenvalue weighted by Gasteiger charge is 2.43. The van der Waals surface area contributed by atoms with Crippen molar-refractivity contribution in [1.82, 2.24) is 5.32 Å². The minimum absolute atomic E-state index is 0.0299. The van der Waals surface area contributed by atoms with Gasteiger partial charge in [-0.25, -0.2) is 0 Å². The van der Waals surface area contributed by atoms with Gasteiger partial charge in [-0.15, -0.1) is 0 Å². The zero-order chi connectivity index (χ0) is 22.5. The fourth-order valence-electron chi connectivity index (χ4n) is 4.29. The van der Waals surface area contributed by atoms with Crippen molar-refractivity contribution in [2.45, 2.75) is 38.8 Å². The number of ether oxygens (including phenoxy) is 5. The molecule has 2 aromatic rings. The molecule has 3 atom stereocenters. The minimum Gasteiger partial charge on any atom is -0.491 e. The van der Waals surface area contributed by atoms with Gasteiger partial charge in [-0.3, -0.25) is 4.79 Å². The van der Waals surface area contributed by atoms with Crippen molar-refractivity contribution in [3.05, 3.63) is 53.6 Å². The number of benzene rings is 2. The lowest BCUT2D eigenvalue weighted by molar-refractivity contribution is -0.148. The van der Waals surface area contributed by atoms with Gasteiger partial charge in [0.1, 0.15) is 12.4 Å². The molecule has 0 spiro atoms. The van der Waals surface area contributed by atoms with Crippen molar-refractivity contribution in [3.8, 4) is 17.2 Å². The zero-order valence-electron chi connectivity index (χ0n) is 18.8. The maximum absolute atomic E-state index is 13.0. The number of hydrogen-bond acceptors (Lipinski definition) is 7. The average Bonchev–Trinajstić information content (AvgIpc) is 3.44. The first-order valence-electron chi connectivity index (χ1n) is 11.2. The molecular weight excluding hydrogens is 410 g/mol. The van der Waals surface area contributed by atoms with Crippen LogP contribution < -0.4 is 19.5 Å². The van der Waals surface area contributed by atoms with E-state index in [2.05, 4.69) is 5.32 Å². The molecule has 2 aliphatic heterocycles. The highest BCUT2D eigenvalue weighted by atomic mass is 16.7. The largest absolute Gasteiger partial charge is 0.491 e. The van der Waals surface area contributed by atoms with Gasteiger partial charge >= 0.3 is 5.97 Å². The maximum Gasteiger partial charge on any atom is 0.311 e. The Bertz CT molecular complexity index is 913. The monoisotopic (exact) mass is 441 g/mol. The molecule has 32 heavy (non-hydrogen) atoms. The van der Waals surface area contributed by atoms with Gasteiger partial charge < -0.3 is 29.0 Å². The highest BCUT2D eigenvalue weighted by molar-refractivity contribution is 5.76. The van der Waals surface area contributed by atoms with E-state index in [-0.39, 0.29) is 36.7 Å². The molecule has 2 aromatic carbocycles. The van der Waals surface area contributed by atoms with E-state index in [9.17, 15) is 4.79 Å². The van der Waals surface area contributed by atoms with E-state index in [0.717, 1.165) is 28.4 Å². The first-order valence-corrected chi connectivity index (χ1v) is 11.2. The summed E-state index contributed by atoms with van der Waals surface area (Å²) in [6.45, 7) is 8.12. The number of carbonyl (C=O) groups is 1. The van der Waals surface area contributed by atoms with Crippen molar-refractivity contribution in [1.29, 1.82) is 0 Å². The second kappa shape index (κ2) is 10.2. The summed E-state index contributed by atoms with van der Waals surface area (Å²) in [5.74, 6) is 1.66. The Hall–Kier alpha value is -2.77. The topological polar surface area (TPSA) is 75.3 Å². The second-order valence-corrected chi connectivity index (χ2v) is 8.22. The van der Waals surface area contributed by atoms with Crippen LogP contribution in [0.4, 0.5) is 0 Å². The Kier molecular flexibility index (Phi) is 7.17. The molecule has 0 bridgehead atoms.